The number of benzene rings is 2. The highest BCUT2D eigenvalue weighted by atomic mass is 32.2. The normalized spacial score (nSPS) is 19.3. The smallest absolute Gasteiger partial charge is 0.303 e. The van der Waals surface area contributed by atoms with Crippen molar-refractivity contribution < 1.29 is 29.3 Å². The Balaban J connectivity index is 1.41. The van der Waals surface area contributed by atoms with Crippen molar-refractivity contribution in [1.29, 1.82) is 0 Å². The average Bonchev–Trinajstić information content (AvgIpc) is 3.34. The molecule has 0 bridgehead atoms. The van der Waals surface area contributed by atoms with Gasteiger partial charge in [0, 0.05) is 43.3 Å². The van der Waals surface area contributed by atoms with Crippen molar-refractivity contribution in [2.24, 2.45) is 7.05 Å². The Labute approximate surface area is 224 Å². The first kappa shape index (κ1) is 27.7. The summed E-state index contributed by atoms with van der Waals surface area (Å²) in [5.41, 5.74) is 3.29. The van der Waals surface area contributed by atoms with Crippen molar-refractivity contribution in [3.63, 3.8) is 0 Å². The molecule has 3 aromatic rings. The lowest BCUT2D eigenvalue weighted by Crippen LogP contribution is -2.31. The number of aromatic nitrogens is 4. The number of carbonyl (C=O) groups is 2. The molecular weight excluding hydrogens is 510 g/mol. The highest BCUT2D eigenvalue weighted by molar-refractivity contribution is 7.99. The number of aliphatic carboxylic acids is 1. The molecule has 3 N–H and O–H groups in total. The summed E-state index contributed by atoms with van der Waals surface area (Å²) in [5.74, 6) is -0.380. The number of amides is 1. The lowest BCUT2D eigenvalue weighted by molar-refractivity contribution is -0.245. The molecule has 1 aliphatic heterocycles. The lowest BCUT2D eigenvalue weighted by Gasteiger charge is -2.36. The fraction of sp³-hybridized carbons (Fsp3) is 0.423. The largest absolute Gasteiger partial charge is 0.481 e. The third-order valence-corrected chi connectivity index (χ3v) is 7.25. The number of aryl methyl sites for hydroxylation is 1. The van der Waals surface area contributed by atoms with Crippen LogP contribution in [0.1, 0.15) is 61.2 Å². The quantitative estimate of drug-likeness (QED) is 0.229. The number of tetrazole rings is 1. The van der Waals surface area contributed by atoms with Gasteiger partial charge in [-0.25, -0.2) is 4.68 Å². The Morgan fingerprint density at radius 2 is 1.76 bits per heavy atom. The summed E-state index contributed by atoms with van der Waals surface area (Å²) in [6.45, 7) is -0.0201. The van der Waals surface area contributed by atoms with Crippen LogP contribution >= 0.6 is 11.8 Å². The molecule has 0 radical (unpaired) electrons. The molecule has 38 heavy (non-hydrogen) atoms. The minimum absolute atomic E-state index is 0.0201. The van der Waals surface area contributed by atoms with Crippen molar-refractivity contribution in [2.75, 3.05) is 11.1 Å². The monoisotopic (exact) mass is 541 g/mol. The summed E-state index contributed by atoms with van der Waals surface area (Å²) in [6.07, 6.45) is 0.988. The highest BCUT2D eigenvalue weighted by Crippen LogP contribution is 2.39. The van der Waals surface area contributed by atoms with Gasteiger partial charge in [-0.1, -0.05) is 48.2 Å². The van der Waals surface area contributed by atoms with E-state index < -0.39 is 12.3 Å². The maximum absolute atomic E-state index is 12.2. The molecule has 0 saturated carbocycles. The fourth-order valence-electron chi connectivity index (χ4n) is 4.04. The summed E-state index contributed by atoms with van der Waals surface area (Å²) in [6, 6.07) is 15.0. The number of carbonyl (C=O) groups excluding carboxylic acids is 1. The summed E-state index contributed by atoms with van der Waals surface area (Å²) < 4.78 is 14.3. The van der Waals surface area contributed by atoms with Crippen LogP contribution in [0, 0.1) is 0 Å². The van der Waals surface area contributed by atoms with Gasteiger partial charge in [-0.15, -0.1) is 5.10 Å². The molecule has 1 aliphatic rings. The number of rotatable bonds is 12. The van der Waals surface area contributed by atoms with Gasteiger partial charge in [0.15, 0.2) is 6.29 Å². The molecule has 12 heteroatoms. The molecule has 1 fully saturated rings. The summed E-state index contributed by atoms with van der Waals surface area (Å²) in [7, 11) is 1.79. The number of aliphatic hydroxyl groups excluding tert-OH is 1. The first-order valence-corrected chi connectivity index (χ1v) is 13.4. The topological polar surface area (TPSA) is 149 Å². The molecule has 4 rings (SSSR count). The molecule has 3 unspecified atom stereocenters. The van der Waals surface area contributed by atoms with Crippen LogP contribution in [0.15, 0.2) is 53.7 Å². The zero-order chi connectivity index (χ0) is 26.9. The number of hydrogen-bond donors (Lipinski definition) is 3. The van der Waals surface area contributed by atoms with E-state index in [2.05, 4.69) is 20.8 Å². The fourth-order valence-corrected chi connectivity index (χ4v) is 4.91. The Hall–Kier alpha value is -3.32. The Morgan fingerprint density at radius 3 is 2.42 bits per heavy atom. The van der Waals surface area contributed by atoms with Crippen molar-refractivity contribution >= 4 is 29.3 Å². The molecular formula is C26H31N5O6S. The Bertz CT molecular complexity index is 1200. The van der Waals surface area contributed by atoms with Crippen molar-refractivity contribution in [2.45, 2.75) is 62.4 Å². The molecule has 1 aromatic heterocycles. The third-order valence-electron chi connectivity index (χ3n) is 6.11. The summed E-state index contributed by atoms with van der Waals surface area (Å²) in [5, 5.41) is 33.2. The van der Waals surface area contributed by atoms with Crippen LogP contribution in [-0.2, 0) is 32.7 Å². The molecule has 202 valence electrons. The number of ether oxygens (including phenoxy) is 2. The van der Waals surface area contributed by atoms with Crippen LogP contribution in [0.2, 0.25) is 0 Å². The molecule has 1 saturated heterocycles. The first-order valence-electron chi connectivity index (χ1n) is 12.4. The van der Waals surface area contributed by atoms with Crippen LogP contribution < -0.4 is 5.32 Å². The van der Waals surface area contributed by atoms with E-state index >= 15 is 0 Å². The van der Waals surface area contributed by atoms with Crippen LogP contribution in [0.3, 0.4) is 0 Å². The second-order valence-electron chi connectivity index (χ2n) is 9.02. The summed E-state index contributed by atoms with van der Waals surface area (Å²) in [4.78, 5) is 22.8. The maximum Gasteiger partial charge on any atom is 0.303 e. The van der Waals surface area contributed by atoms with Crippen LogP contribution in [-0.4, -0.2) is 54.2 Å². The van der Waals surface area contributed by atoms with E-state index in [1.807, 2.05) is 36.4 Å². The van der Waals surface area contributed by atoms with E-state index in [1.165, 1.54) is 11.8 Å². The first-order chi connectivity index (χ1) is 18.4. The zero-order valence-corrected chi connectivity index (χ0v) is 21.8. The number of carboxylic acids is 1. The minimum Gasteiger partial charge on any atom is -0.481 e. The van der Waals surface area contributed by atoms with Gasteiger partial charge >= 0.3 is 5.97 Å². The number of aliphatic hydroxyl groups is 1. The Morgan fingerprint density at radius 1 is 1.05 bits per heavy atom. The minimum atomic E-state index is -0.857. The second kappa shape index (κ2) is 13.5. The predicted octanol–water partition coefficient (Wildman–Crippen LogP) is 3.62. The van der Waals surface area contributed by atoms with Gasteiger partial charge < -0.3 is 25.0 Å². The molecule has 0 spiro atoms. The van der Waals surface area contributed by atoms with E-state index in [4.69, 9.17) is 14.6 Å². The van der Waals surface area contributed by atoms with Gasteiger partial charge in [-0.05, 0) is 46.5 Å². The predicted molar refractivity (Wildman–Crippen MR) is 139 cm³/mol. The number of hydrogen-bond acceptors (Lipinski definition) is 9. The van der Waals surface area contributed by atoms with Gasteiger partial charge in [0.1, 0.15) is 0 Å². The van der Waals surface area contributed by atoms with Gasteiger partial charge in [-0.2, -0.15) is 0 Å². The molecule has 11 nitrogen and oxygen atoms in total. The van der Waals surface area contributed by atoms with E-state index in [1.54, 1.807) is 23.9 Å². The van der Waals surface area contributed by atoms with Crippen molar-refractivity contribution in [1.82, 2.24) is 20.2 Å². The van der Waals surface area contributed by atoms with Crippen LogP contribution in [0.5, 0.6) is 0 Å². The highest BCUT2D eigenvalue weighted by Gasteiger charge is 2.32. The number of nitrogens with one attached hydrogen (secondary N) is 1. The van der Waals surface area contributed by atoms with E-state index in [0.29, 0.717) is 35.9 Å². The molecule has 0 aliphatic carbocycles. The van der Waals surface area contributed by atoms with Gasteiger partial charge in [0.25, 0.3) is 0 Å². The van der Waals surface area contributed by atoms with Crippen molar-refractivity contribution in [3.05, 3.63) is 65.2 Å². The van der Waals surface area contributed by atoms with Crippen LogP contribution in [0.4, 0.5) is 5.69 Å². The second-order valence-corrected chi connectivity index (χ2v) is 10.0. The number of anilines is 1. The van der Waals surface area contributed by atoms with E-state index in [0.717, 1.165) is 16.7 Å². The standard InChI is InChI=1S/C26H31N5O6S/c1-31-26(28-29-30-31)38-16-21-14-22(18-8-6-17(15-32)7-9-18)37-25(36-21)19-10-12-20(13-11-19)27-23(33)4-2-3-5-24(34)35/h6-13,21-22,25,32H,2-5,14-16H2,1H3,(H,27,33)(H,34,35). The number of carboxylic acid groups (broad SMARTS) is 1. The third kappa shape index (κ3) is 7.84. The summed E-state index contributed by atoms with van der Waals surface area (Å²) >= 11 is 1.51. The van der Waals surface area contributed by atoms with E-state index in [-0.39, 0.29) is 37.6 Å². The van der Waals surface area contributed by atoms with Gasteiger partial charge in [-0.3, -0.25) is 9.59 Å². The molecule has 2 heterocycles. The SMILES string of the molecule is Cn1nnnc1SCC1CC(c2ccc(CO)cc2)OC(c2ccc(NC(=O)CCCCC(=O)O)cc2)O1. The average molecular weight is 542 g/mol. The number of nitrogens with zero attached hydrogens (tertiary/aromatic N) is 4. The van der Waals surface area contributed by atoms with Gasteiger partial charge in [0.05, 0.1) is 18.8 Å². The number of thioether (sulfide) groups is 1. The van der Waals surface area contributed by atoms with E-state index in [9.17, 15) is 14.7 Å². The maximum atomic E-state index is 12.2. The molecule has 3 atom stereocenters. The number of unbranched alkanes of at least 4 members (excludes halogenated alkanes) is 1. The molecule has 1 amide bonds. The van der Waals surface area contributed by atoms with Crippen LogP contribution in [0.25, 0.3) is 0 Å². The Kier molecular flexibility index (Phi) is 9.82. The van der Waals surface area contributed by atoms with Crippen molar-refractivity contribution in [3.8, 4) is 0 Å². The van der Waals surface area contributed by atoms with Gasteiger partial charge in [0.2, 0.25) is 11.1 Å². The zero-order valence-electron chi connectivity index (χ0n) is 21.0. The lowest BCUT2D eigenvalue weighted by atomic mass is 10.0. The molecule has 2 aromatic carbocycles.